The summed E-state index contributed by atoms with van der Waals surface area (Å²) in [5, 5.41) is 5.57. The summed E-state index contributed by atoms with van der Waals surface area (Å²) in [5.41, 5.74) is 2.43. The lowest BCUT2D eigenvalue weighted by molar-refractivity contribution is -0.117. The fraction of sp³-hybridized carbons (Fsp3) is 0.300. The van der Waals surface area contributed by atoms with Gasteiger partial charge in [0.2, 0.25) is 11.8 Å². The van der Waals surface area contributed by atoms with Gasteiger partial charge in [-0.15, -0.1) is 0 Å². The number of hydrogen-bond acceptors (Lipinski definition) is 4. The normalized spacial score (nSPS) is 10.5. The van der Waals surface area contributed by atoms with E-state index in [0.717, 1.165) is 17.9 Å². The van der Waals surface area contributed by atoms with Crippen LogP contribution in [-0.4, -0.2) is 36.9 Å². The molecule has 2 amide bonds. The number of methoxy groups -OCH3 is 1. The maximum Gasteiger partial charge on any atom is 0.238 e. The van der Waals surface area contributed by atoms with E-state index in [9.17, 15) is 9.59 Å². The lowest BCUT2D eigenvalue weighted by atomic mass is 10.2. The topological polar surface area (TPSA) is 70.7 Å². The van der Waals surface area contributed by atoms with Crippen LogP contribution in [0.4, 0.5) is 11.4 Å². The number of carbonyl (C=O) groups is 2. The minimum absolute atomic E-state index is 0.0889. The summed E-state index contributed by atoms with van der Waals surface area (Å²) in [6, 6.07) is 14.8. The van der Waals surface area contributed by atoms with Crippen molar-refractivity contribution in [3.8, 4) is 5.75 Å². The highest BCUT2D eigenvalue weighted by Gasteiger charge is 2.12. The van der Waals surface area contributed by atoms with Crippen molar-refractivity contribution in [3.63, 3.8) is 0 Å². The summed E-state index contributed by atoms with van der Waals surface area (Å²) in [6.45, 7) is 5.13. The first-order valence-electron chi connectivity index (χ1n) is 8.53. The number of benzene rings is 2. The minimum Gasteiger partial charge on any atom is -0.496 e. The maximum atomic E-state index is 12.3. The van der Waals surface area contributed by atoms with E-state index < -0.39 is 0 Å². The van der Waals surface area contributed by atoms with Gasteiger partial charge in [0.1, 0.15) is 5.75 Å². The first-order valence-corrected chi connectivity index (χ1v) is 8.53. The van der Waals surface area contributed by atoms with Crippen LogP contribution >= 0.6 is 0 Å². The van der Waals surface area contributed by atoms with E-state index in [-0.39, 0.29) is 18.4 Å². The molecule has 2 rings (SSSR count). The molecule has 6 heteroatoms. The molecule has 138 valence electrons. The van der Waals surface area contributed by atoms with Crippen molar-refractivity contribution in [1.82, 2.24) is 4.90 Å². The van der Waals surface area contributed by atoms with Crippen LogP contribution in [0, 0.1) is 0 Å². The Morgan fingerprint density at radius 2 is 1.62 bits per heavy atom. The lowest BCUT2D eigenvalue weighted by Gasteiger charge is -2.21. The molecule has 0 saturated carbocycles. The van der Waals surface area contributed by atoms with Crippen LogP contribution in [0.1, 0.15) is 19.4 Å². The van der Waals surface area contributed by atoms with Crippen LogP contribution in [0.15, 0.2) is 48.5 Å². The summed E-state index contributed by atoms with van der Waals surface area (Å²) >= 11 is 0. The average molecular weight is 355 g/mol. The van der Waals surface area contributed by atoms with Crippen molar-refractivity contribution in [2.75, 3.05) is 30.8 Å². The number of ether oxygens (including phenoxy) is 1. The Balaban J connectivity index is 1.93. The van der Waals surface area contributed by atoms with Crippen molar-refractivity contribution in [2.24, 2.45) is 0 Å². The Bertz CT molecular complexity index is 744. The number of para-hydroxylation sites is 1. The summed E-state index contributed by atoms with van der Waals surface area (Å²) in [4.78, 5) is 25.4. The number of anilines is 2. The molecule has 26 heavy (non-hydrogen) atoms. The summed E-state index contributed by atoms with van der Waals surface area (Å²) in [6.07, 6.45) is 0. The molecule has 2 aromatic rings. The Kier molecular flexibility index (Phi) is 7.17. The van der Waals surface area contributed by atoms with Crippen LogP contribution in [-0.2, 0) is 16.1 Å². The molecule has 2 aromatic carbocycles. The number of nitrogens with one attached hydrogen (secondary N) is 2. The van der Waals surface area contributed by atoms with E-state index in [1.807, 2.05) is 36.1 Å². The largest absolute Gasteiger partial charge is 0.496 e. The molecule has 0 aliphatic heterocycles. The van der Waals surface area contributed by atoms with Crippen LogP contribution < -0.4 is 15.4 Å². The highest BCUT2D eigenvalue weighted by atomic mass is 16.5. The monoisotopic (exact) mass is 355 g/mol. The third-order valence-electron chi connectivity index (χ3n) is 3.89. The van der Waals surface area contributed by atoms with E-state index in [1.54, 1.807) is 31.4 Å². The number of rotatable bonds is 8. The molecular formula is C20H25N3O3. The molecule has 0 saturated heterocycles. The van der Waals surface area contributed by atoms with Gasteiger partial charge in [-0.1, -0.05) is 25.1 Å². The van der Waals surface area contributed by atoms with Crippen LogP contribution in [0.5, 0.6) is 5.75 Å². The van der Waals surface area contributed by atoms with Gasteiger partial charge in [-0.05, 0) is 36.9 Å². The predicted molar refractivity (Wildman–Crippen MR) is 103 cm³/mol. The van der Waals surface area contributed by atoms with Gasteiger partial charge in [-0.2, -0.15) is 0 Å². The van der Waals surface area contributed by atoms with Crippen molar-refractivity contribution in [2.45, 2.75) is 20.4 Å². The predicted octanol–water partition coefficient (Wildman–Crippen LogP) is 3.11. The van der Waals surface area contributed by atoms with E-state index >= 15 is 0 Å². The Labute approximate surface area is 154 Å². The minimum atomic E-state index is -0.128. The van der Waals surface area contributed by atoms with Gasteiger partial charge in [0.05, 0.1) is 13.7 Å². The zero-order valence-electron chi connectivity index (χ0n) is 15.4. The summed E-state index contributed by atoms with van der Waals surface area (Å²) < 4.78 is 5.37. The second-order valence-corrected chi connectivity index (χ2v) is 5.92. The number of nitrogens with zero attached hydrogens (tertiary/aromatic N) is 1. The van der Waals surface area contributed by atoms with Gasteiger partial charge >= 0.3 is 0 Å². The second kappa shape index (κ2) is 9.58. The molecule has 0 aromatic heterocycles. The molecule has 0 atom stereocenters. The molecule has 0 fully saturated rings. The van der Waals surface area contributed by atoms with Crippen LogP contribution in [0.3, 0.4) is 0 Å². The highest BCUT2D eigenvalue weighted by molar-refractivity contribution is 5.93. The number of carbonyl (C=O) groups excluding carboxylic acids is 2. The van der Waals surface area contributed by atoms with Crippen molar-refractivity contribution in [3.05, 3.63) is 54.1 Å². The molecule has 2 N–H and O–H groups in total. The van der Waals surface area contributed by atoms with E-state index in [0.29, 0.717) is 17.9 Å². The number of amides is 2. The Morgan fingerprint density at radius 1 is 1.00 bits per heavy atom. The van der Waals surface area contributed by atoms with Gasteiger partial charge in [0.25, 0.3) is 0 Å². The molecule has 0 aliphatic rings. The van der Waals surface area contributed by atoms with Crippen LogP contribution in [0.25, 0.3) is 0 Å². The van der Waals surface area contributed by atoms with Crippen molar-refractivity contribution in [1.29, 1.82) is 0 Å². The number of likely N-dealkylation sites (N-methyl/N-ethyl adjacent to an activating group) is 1. The molecule has 6 nitrogen and oxygen atoms in total. The van der Waals surface area contributed by atoms with Gasteiger partial charge in [0.15, 0.2) is 0 Å². The standard InChI is InChI=1S/C20H25N3O3/c1-4-23(13-16-7-5-6-8-19(16)26-3)14-20(25)22-18-11-9-17(10-12-18)21-15(2)24/h5-12H,4,13-14H2,1-3H3,(H,21,24)(H,22,25). The molecule has 0 unspecified atom stereocenters. The van der Waals surface area contributed by atoms with Crippen LogP contribution in [0.2, 0.25) is 0 Å². The molecule has 0 bridgehead atoms. The molecule has 0 radical (unpaired) electrons. The molecular weight excluding hydrogens is 330 g/mol. The maximum absolute atomic E-state index is 12.3. The smallest absolute Gasteiger partial charge is 0.238 e. The summed E-state index contributed by atoms with van der Waals surface area (Å²) in [5.74, 6) is 0.602. The van der Waals surface area contributed by atoms with Gasteiger partial charge in [-0.3, -0.25) is 14.5 Å². The third-order valence-corrected chi connectivity index (χ3v) is 3.89. The fourth-order valence-electron chi connectivity index (χ4n) is 2.60. The second-order valence-electron chi connectivity index (χ2n) is 5.92. The molecule has 0 aliphatic carbocycles. The van der Waals surface area contributed by atoms with E-state index in [2.05, 4.69) is 10.6 Å². The first kappa shape index (κ1) is 19.5. The Hall–Kier alpha value is -2.86. The van der Waals surface area contributed by atoms with Crippen molar-refractivity contribution < 1.29 is 14.3 Å². The zero-order valence-corrected chi connectivity index (χ0v) is 15.4. The average Bonchev–Trinajstić information content (AvgIpc) is 2.62. The molecule has 0 heterocycles. The van der Waals surface area contributed by atoms with E-state index in [4.69, 9.17) is 4.74 Å². The van der Waals surface area contributed by atoms with Gasteiger partial charge in [-0.25, -0.2) is 0 Å². The third kappa shape index (κ3) is 5.89. The number of hydrogen-bond donors (Lipinski definition) is 2. The molecule has 0 spiro atoms. The first-order chi connectivity index (χ1) is 12.5. The van der Waals surface area contributed by atoms with Crippen molar-refractivity contribution >= 4 is 23.2 Å². The summed E-state index contributed by atoms with van der Waals surface area (Å²) in [7, 11) is 1.65. The fourth-order valence-corrected chi connectivity index (χ4v) is 2.60. The quantitative estimate of drug-likeness (QED) is 0.763. The highest BCUT2D eigenvalue weighted by Crippen LogP contribution is 2.19. The van der Waals surface area contributed by atoms with Gasteiger partial charge < -0.3 is 15.4 Å². The Morgan fingerprint density at radius 3 is 2.19 bits per heavy atom. The lowest BCUT2D eigenvalue weighted by Crippen LogP contribution is -2.32. The van der Waals surface area contributed by atoms with Gasteiger partial charge in [0, 0.05) is 30.4 Å². The van der Waals surface area contributed by atoms with E-state index in [1.165, 1.54) is 6.92 Å². The SMILES string of the molecule is CCN(CC(=O)Nc1ccc(NC(C)=O)cc1)Cc1ccccc1OC. The zero-order chi connectivity index (χ0) is 18.9.